The van der Waals surface area contributed by atoms with E-state index in [0.29, 0.717) is 5.92 Å². The Morgan fingerprint density at radius 3 is 2.62 bits per heavy atom. The van der Waals surface area contributed by atoms with Crippen molar-refractivity contribution in [3.05, 3.63) is 46.6 Å². The molecule has 2 aromatic rings. The minimum atomic E-state index is -0.292. The maximum absolute atomic E-state index is 11.3. The second-order valence-corrected chi connectivity index (χ2v) is 4.21. The molecule has 0 aliphatic carbocycles. The van der Waals surface area contributed by atoms with E-state index in [1.54, 1.807) is 4.68 Å². The van der Waals surface area contributed by atoms with Gasteiger partial charge in [-0.15, -0.1) is 0 Å². The highest BCUT2D eigenvalue weighted by molar-refractivity contribution is 5.30. The van der Waals surface area contributed by atoms with Crippen molar-refractivity contribution in [2.75, 3.05) is 0 Å². The lowest BCUT2D eigenvalue weighted by Gasteiger charge is -2.07. The molecule has 1 heterocycles. The van der Waals surface area contributed by atoms with Crippen LogP contribution in [-0.2, 0) is 6.42 Å². The van der Waals surface area contributed by atoms with Crippen molar-refractivity contribution in [1.82, 2.24) is 14.8 Å². The molecule has 2 rings (SSSR count). The zero-order valence-corrected chi connectivity index (χ0v) is 9.47. The maximum Gasteiger partial charge on any atom is 0.361 e. The molecule has 0 aliphatic heterocycles. The molecule has 0 bridgehead atoms. The van der Waals surface area contributed by atoms with E-state index in [4.69, 9.17) is 0 Å². The monoisotopic (exact) mass is 217 g/mol. The molecule has 0 fully saturated rings. The fraction of sp³-hybridized carbons (Fsp3) is 0.333. The van der Waals surface area contributed by atoms with Crippen LogP contribution >= 0.6 is 0 Å². The Kier molecular flexibility index (Phi) is 2.90. The topological polar surface area (TPSA) is 50.7 Å². The van der Waals surface area contributed by atoms with Gasteiger partial charge in [-0.1, -0.05) is 32.0 Å². The van der Waals surface area contributed by atoms with Crippen LogP contribution in [0.15, 0.2) is 35.1 Å². The molecule has 4 heteroatoms. The molecular weight excluding hydrogens is 202 g/mol. The standard InChI is InChI=1S/C12H15N3O/c1-9(2)8-11-13-12(16)14-15(11)10-6-4-3-5-7-10/h3-7,9H,8H2,1-2H3,(H,14,16). The number of benzene rings is 1. The van der Waals surface area contributed by atoms with Gasteiger partial charge >= 0.3 is 5.69 Å². The predicted molar refractivity (Wildman–Crippen MR) is 62.7 cm³/mol. The number of nitrogens with zero attached hydrogens (tertiary/aromatic N) is 2. The predicted octanol–water partition coefficient (Wildman–Crippen LogP) is 1.76. The summed E-state index contributed by atoms with van der Waals surface area (Å²) >= 11 is 0. The molecule has 0 amide bonds. The minimum Gasteiger partial charge on any atom is -0.244 e. The molecule has 1 aromatic carbocycles. The molecule has 0 unspecified atom stereocenters. The highest BCUT2D eigenvalue weighted by Crippen LogP contribution is 2.09. The first-order valence-electron chi connectivity index (χ1n) is 5.40. The van der Waals surface area contributed by atoms with Crippen molar-refractivity contribution >= 4 is 0 Å². The molecule has 0 aliphatic rings. The highest BCUT2D eigenvalue weighted by atomic mass is 16.1. The zero-order valence-electron chi connectivity index (χ0n) is 9.47. The molecule has 16 heavy (non-hydrogen) atoms. The van der Waals surface area contributed by atoms with Crippen LogP contribution in [0.1, 0.15) is 19.7 Å². The van der Waals surface area contributed by atoms with Crippen LogP contribution in [0, 0.1) is 5.92 Å². The number of hydrogen-bond acceptors (Lipinski definition) is 2. The Hall–Kier alpha value is -1.84. The zero-order chi connectivity index (χ0) is 11.5. The number of aromatic nitrogens is 3. The van der Waals surface area contributed by atoms with Gasteiger partial charge in [0.25, 0.3) is 0 Å². The van der Waals surface area contributed by atoms with Gasteiger partial charge in [0, 0.05) is 6.42 Å². The van der Waals surface area contributed by atoms with Crippen molar-refractivity contribution < 1.29 is 0 Å². The van der Waals surface area contributed by atoms with E-state index < -0.39 is 0 Å². The Labute approximate surface area is 93.9 Å². The summed E-state index contributed by atoms with van der Waals surface area (Å²) in [5.74, 6) is 1.25. The molecule has 0 atom stereocenters. The van der Waals surface area contributed by atoms with Gasteiger partial charge < -0.3 is 0 Å². The Morgan fingerprint density at radius 1 is 1.31 bits per heavy atom. The van der Waals surface area contributed by atoms with Crippen molar-refractivity contribution in [1.29, 1.82) is 0 Å². The molecule has 0 saturated carbocycles. The van der Waals surface area contributed by atoms with Gasteiger partial charge in [-0.05, 0) is 18.1 Å². The van der Waals surface area contributed by atoms with E-state index in [9.17, 15) is 4.79 Å². The first kappa shape index (κ1) is 10.7. The third-order valence-corrected chi connectivity index (χ3v) is 2.30. The van der Waals surface area contributed by atoms with E-state index in [1.165, 1.54) is 0 Å². The van der Waals surface area contributed by atoms with Crippen molar-refractivity contribution in [3.63, 3.8) is 0 Å². The number of rotatable bonds is 3. The van der Waals surface area contributed by atoms with Gasteiger partial charge in [-0.3, -0.25) is 0 Å². The lowest BCUT2D eigenvalue weighted by atomic mass is 10.1. The van der Waals surface area contributed by atoms with Crippen molar-refractivity contribution in [2.45, 2.75) is 20.3 Å². The van der Waals surface area contributed by atoms with Crippen molar-refractivity contribution in [2.24, 2.45) is 5.92 Å². The van der Waals surface area contributed by atoms with Gasteiger partial charge in [-0.2, -0.15) is 4.98 Å². The second kappa shape index (κ2) is 4.35. The quantitative estimate of drug-likeness (QED) is 0.851. The Morgan fingerprint density at radius 2 is 2.00 bits per heavy atom. The molecular formula is C12H15N3O. The van der Waals surface area contributed by atoms with Crippen LogP contribution in [0.25, 0.3) is 5.69 Å². The van der Waals surface area contributed by atoms with Gasteiger partial charge in [0.15, 0.2) is 0 Å². The summed E-state index contributed by atoms with van der Waals surface area (Å²) in [6.45, 7) is 4.21. The molecule has 0 saturated heterocycles. The summed E-state index contributed by atoms with van der Waals surface area (Å²) in [6, 6.07) is 9.71. The molecule has 0 radical (unpaired) electrons. The van der Waals surface area contributed by atoms with Crippen LogP contribution in [0.4, 0.5) is 0 Å². The van der Waals surface area contributed by atoms with Crippen LogP contribution in [0.2, 0.25) is 0 Å². The van der Waals surface area contributed by atoms with Crippen LogP contribution in [-0.4, -0.2) is 14.8 Å². The van der Waals surface area contributed by atoms with Crippen LogP contribution < -0.4 is 5.69 Å². The number of H-pyrrole nitrogens is 1. The van der Waals surface area contributed by atoms with E-state index in [1.807, 2.05) is 30.3 Å². The lowest BCUT2D eigenvalue weighted by molar-refractivity contribution is 0.605. The van der Waals surface area contributed by atoms with Gasteiger partial charge in [-0.25, -0.2) is 14.6 Å². The summed E-state index contributed by atoms with van der Waals surface area (Å²) < 4.78 is 1.75. The summed E-state index contributed by atoms with van der Waals surface area (Å²) in [6.07, 6.45) is 0.785. The SMILES string of the molecule is CC(C)Cc1nc(=O)[nH]n1-c1ccccc1. The van der Waals surface area contributed by atoms with Gasteiger partial charge in [0.05, 0.1) is 5.69 Å². The first-order chi connectivity index (χ1) is 7.66. The third-order valence-electron chi connectivity index (χ3n) is 2.30. The van der Waals surface area contributed by atoms with Crippen molar-refractivity contribution in [3.8, 4) is 5.69 Å². The van der Waals surface area contributed by atoms with Gasteiger partial charge in [0.1, 0.15) is 5.82 Å². The first-order valence-corrected chi connectivity index (χ1v) is 5.40. The number of nitrogens with one attached hydrogen (secondary N) is 1. The average molecular weight is 217 g/mol. The smallest absolute Gasteiger partial charge is 0.244 e. The largest absolute Gasteiger partial charge is 0.361 e. The highest BCUT2D eigenvalue weighted by Gasteiger charge is 2.09. The van der Waals surface area contributed by atoms with E-state index in [-0.39, 0.29) is 5.69 Å². The number of hydrogen-bond donors (Lipinski definition) is 1. The minimum absolute atomic E-state index is 0.292. The number of aromatic amines is 1. The molecule has 84 valence electrons. The molecule has 4 nitrogen and oxygen atoms in total. The average Bonchev–Trinajstić information content (AvgIpc) is 2.60. The van der Waals surface area contributed by atoms with E-state index in [0.717, 1.165) is 17.9 Å². The summed E-state index contributed by atoms with van der Waals surface area (Å²) in [7, 11) is 0. The normalized spacial score (nSPS) is 10.9. The Balaban J connectivity index is 2.44. The fourth-order valence-corrected chi connectivity index (χ4v) is 1.65. The Bertz CT molecular complexity index is 511. The second-order valence-electron chi connectivity index (χ2n) is 4.21. The lowest BCUT2D eigenvalue weighted by Crippen LogP contribution is -2.06. The van der Waals surface area contributed by atoms with Crippen LogP contribution in [0.5, 0.6) is 0 Å². The summed E-state index contributed by atoms with van der Waals surface area (Å²) in [5.41, 5.74) is 0.646. The van der Waals surface area contributed by atoms with E-state index in [2.05, 4.69) is 23.9 Å². The van der Waals surface area contributed by atoms with Crippen LogP contribution in [0.3, 0.4) is 0 Å². The number of para-hydroxylation sites is 1. The summed E-state index contributed by atoms with van der Waals surface area (Å²) in [4.78, 5) is 15.3. The summed E-state index contributed by atoms with van der Waals surface area (Å²) in [5, 5.41) is 2.72. The maximum atomic E-state index is 11.3. The molecule has 1 aromatic heterocycles. The third kappa shape index (κ3) is 2.21. The fourth-order valence-electron chi connectivity index (χ4n) is 1.65. The van der Waals surface area contributed by atoms with Gasteiger partial charge in [0.2, 0.25) is 0 Å². The molecule has 1 N–H and O–H groups in total. The van der Waals surface area contributed by atoms with E-state index >= 15 is 0 Å². The molecule has 0 spiro atoms.